The number of halogens is 2. The minimum atomic E-state index is -0.327. The van der Waals surface area contributed by atoms with Crippen molar-refractivity contribution >= 4 is 64.2 Å². The molecular weight excluding hydrogens is 517 g/mol. The molecule has 0 saturated heterocycles. The topological polar surface area (TPSA) is 81.1 Å². The van der Waals surface area contributed by atoms with E-state index in [0.717, 1.165) is 29.0 Å². The van der Waals surface area contributed by atoms with Crippen molar-refractivity contribution in [1.29, 1.82) is 0 Å². The molecule has 0 aliphatic rings. The van der Waals surface area contributed by atoms with Gasteiger partial charge in [-0.2, -0.15) is 11.8 Å². The van der Waals surface area contributed by atoms with E-state index in [1.165, 1.54) is 0 Å². The van der Waals surface area contributed by atoms with Crippen molar-refractivity contribution in [3.8, 4) is 11.5 Å². The molecule has 36 heavy (non-hydrogen) atoms. The van der Waals surface area contributed by atoms with Crippen molar-refractivity contribution in [1.82, 2.24) is 19.9 Å². The Balaban J connectivity index is 0.00000361. The van der Waals surface area contributed by atoms with Gasteiger partial charge in [0, 0.05) is 35.3 Å². The number of ether oxygens (including phenoxy) is 1. The summed E-state index contributed by atoms with van der Waals surface area (Å²) in [5.41, 5.74) is 2.79. The maximum absolute atomic E-state index is 12.5. The van der Waals surface area contributed by atoms with Crippen LogP contribution in [-0.2, 0) is 6.54 Å². The molecule has 0 aliphatic heterocycles. The van der Waals surface area contributed by atoms with Crippen molar-refractivity contribution in [2.45, 2.75) is 32.9 Å². The van der Waals surface area contributed by atoms with Gasteiger partial charge in [-0.3, -0.25) is 4.79 Å². The van der Waals surface area contributed by atoms with Crippen molar-refractivity contribution in [3.05, 3.63) is 71.6 Å². The van der Waals surface area contributed by atoms with Crippen LogP contribution in [0.25, 0.3) is 11.0 Å². The number of hydrogen-bond donors (Lipinski definition) is 2. The van der Waals surface area contributed by atoms with E-state index in [-0.39, 0.29) is 23.9 Å². The second kappa shape index (κ2) is 11.9. The van der Waals surface area contributed by atoms with Gasteiger partial charge >= 0.3 is 0 Å². The summed E-state index contributed by atoms with van der Waals surface area (Å²) >= 11 is 8.34. The molecule has 0 fully saturated rings. The number of benzene rings is 2. The number of anilines is 2. The predicted molar refractivity (Wildman–Crippen MR) is 152 cm³/mol. The number of aryl methyl sites for hydroxylation is 1. The lowest BCUT2D eigenvalue weighted by molar-refractivity contribution is 0.0919. The number of nitrogens with zero attached hydrogens (tertiary/aromatic N) is 3. The molecule has 190 valence electrons. The largest absolute Gasteiger partial charge is 0.456 e. The molecule has 2 aromatic carbocycles. The highest BCUT2D eigenvalue weighted by atomic mass is 35.5. The molecule has 2 aromatic heterocycles. The first-order valence-electron chi connectivity index (χ1n) is 11.2. The molecule has 0 atom stereocenters. The SMILES string of the molecule is CSCCn1ccc2ncnc(Nc3ccc(Oc4cccc(C(=O)NC(C)(C)C)c4)c(Cl)c3)c21.Cl. The Kier molecular flexibility index (Phi) is 9.11. The van der Waals surface area contributed by atoms with Gasteiger partial charge in [-0.1, -0.05) is 17.7 Å². The van der Waals surface area contributed by atoms with Crippen molar-refractivity contribution < 1.29 is 9.53 Å². The lowest BCUT2D eigenvalue weighted by Crippen LogP contribution is -2.40. The van der Waals surface area contributed by atoms with Crippen LogP contribution in [0.4, 0.5) is 11.5 Å². The molecule has 7 nitrogen and oxygen atoms in total. The number of amides is 1. The number of rotatable bonds is 8. The lowest BCUT2D eigenvalue weighted by atomic mass is 10.1. The van der Waals surface area contributed by atoms with E-state index < -0.39 is 0 Å². The number of hydrogen-bond acceptors (Lipinski definition) is 6. The van der Waals surface area contributed by atoms with Gasteiger partial charge in [0.15, 0.2) is 5.82 Å². The number of carbonyl (C=O) groups excluding carboxylic acids is 1. The van der Waals surface area contributed by atoms with Gasteiger partial charge in [0.25, 0.3) is 5.91 Å². The Morgan fingerprint density at radius 1 is 1.14 bits per heavy atom. The zero-order chi connectivity index (χ0) is 25.0. The molecular formula is C26H29Cl2N5O2S. The molecule has 0 aliphatic carbocycles. The third-order valence-corrected chi connectivity index (χ3v) is 5.98. The summed E-state index contributed by atoms with van der Waals surface area (Å²) in [6, 6.07) is 14.5. The molecule has 0 radical (unpaired) electrons. The molecule has 2 N–H and O–H groups in total. The Bertz CT molecular complexity index is 1350. The van der Waals surface area contributed by atoms with Crippen LogP contribution in [0.1, 0.15) is 31.1 Å². The summed E-state index contributed by atoms with van der Waals surface area (Å²) in [7, 11) is 0. The normalized spacial score (nSPS) is 11.1. The fraction of sp³-hybridized carbons (Fsp3) is 0.269. The Labute approximate surface area is 226 Å². The van der Waals surface area contributed by atoms with Gasteiger partial charge in [-0.15, -0.1) is 12.4 Å². The molecule has 4 rings (SSSR count). The Morgan fingerprint density at radius 2 is 1.94 bits per heavy atom. The Hall–Kier alpha value is -2.94. The van der Waals surface area contributed by atoms with E-state index in [4.69, 9.17) is 16.3 Å². The van der Waals surface area contributed by atoms with Crippen LogP contribution in [-0.4, -0.2) is 38.0 Å². The molecule has 0 spiro atoms. The first-order valence-corrected chi connectivity index (χ1v) is 13.0. The number of nitrogens with one attached hydrogen (secondary N) is 2. The van der Waals surface area contributed by atoms with Gasteiger partial charge in [-0.05, 0) is 69.5 Å². The van der Waals surface area contributed by atoms with E-state index >= 15 is 0 Å². The molecule has 1 amide bonds. The number of fused-ring (bicyclic) bond motifs is 1. The smallest absolute Gasteiger partial charge is 0.251 e. The first kappa shape index (κ1) is 27.6. The minimum absolute atomic E-state index is 0. The van der Waals surface area contributed by atoms with Crippen LogP contribution >= 0.6 is 35.8 Å². The summed E-state index contributed by atoms with van der Waals surface area (Å²) in [5, 5.41) is 6.74. The van der Waals surface area contributed by atoms with Crippen LogP contribution in [0.5, 0.6) is 11.5 Å². The maximum atomic E-state index is 12.5. The fourth-order valence-corrected chi connectivity index (χ4v) is 4.14. The van der Waals surface area contributed by atoms with Crippen LogP contribution < -0.4 is 15.4 Å². The minimum Gasteiger partial charge on any atom is -0.456 e. The van der Waals surface area contributed by atoms with Crippen LogP contribution in [0.2, 0.25) is 5.02 Å². The zero-order valence-corrected chi connectivity index (χ0v) is 22.9. The molecule has 0 saturated carbocycles. The molecule has 0 bridgehead atoms. The van der Waals surface area contributed by atoms with Crippen molar-refractivity contribution in [3.63, 3.8) is 0 Å². The fourth-order valence-electron chi connectivity index (χ4n) is 3.54. The predicted octanol–water partition coefficient (Wildman–Crippen LogP) is 6.93. The summed E-state index contributed by atoms with van der Waals surface area (Å²) in [4.78, 5) is 21.3. The second-order valence-electron chi connectivity index (χ2n) is 9.06. The highest BCUT2D eigenvalue weighted by Gasteiger charge is 2.16. The van der Waals surface area contributed by atoms with Gasteiger partial charge in [0.05, 0.1) is 10.5 Å². The summed E-state index contributed by atoms with van der Waals surface area (Å²) in [6.45, 7) is 6.69. The Morgan fingerprint density at radius 3 is 2.67 bits per heavy atom. The third kappa shape index (κ3) is 6.84. The van der Waals surface area contributed by atoms with Crippen molar-refractivity contribution in [2.24, 2.45) is 0 Å². The van der Waals surface area contributed by atoms with Gasteiger partial charge in [0.1, 0.15) is 23.3 Å². The van der Waals surface area contributed by atoms with Crippen LogP contribution in [0, 0.1) is 0 Å². The molecule has 4 aromatic rings. The number of thioether (sulfide) groups is 1. The average Bonchev–Trinajstić information content (AvgIpc) is 3.23. The lowest BCUT2D eigenvalue weighted by Gasteiger charge is -2.20. The summed E-state index contributed by atoms with van der Waals surface area (Å²) < 4.78 is 8.13. The summed E-state index contributed by atoms with van der Waals surface area (Å²) in [6.07, 6.45) is 5.66. The van der Waals surface area contributed by atoms with Crippen LogP contribution in [0.3, 0.4) is 0 Å². The van der Waals surface area contributed by atoms with E-state index in [9.17, 15) is 4.79 Å². The van der Waals surface area contributed by atoms with Gasteiger partial charge in [-0.25, -0.2) is 9.97 Å². The quantitative estimate of drug-likeness (QED) is 0.249. The highest BCUT2D eigenvalue weighted by Crippen LogP contribution is 2.33. The number of aromatic nitrogens is 3. The molecule has 10 heteroatoms. The van der Waals surface area contributed by atoms with Gasteiger partial charge < -0.3 is 19.9 Å². The zero-order valence-electron chi connectivity index (χ0n) is 20.5. The molecule has 0 unspecified atom stereocenters. The van der Waals surface area contributed by atoms with Crippen molar-refractivity contribution in [2.75, 3.05) is 17.3 Å². The van der Waals surface area contributed by atoms with Crippen LogP contribution in [0.15, 0.2) is 61.1 Å². The highest BCUT2D eigenvalue weighted by molar-refractivity contribution is 7.98. The van der Waals surface area contributed by atoms with E-state index in [1.807, 2.05) is 39.1 Å². The monoisotopic (exact) mass is 545 g/mol. The summed E-state index contributed by atoms with van der Waals surface area (Å²) in [5.74, 6) is 2.56. The second-order valence-corrected chi connectivity index (χ2v) is 10.5. The standard InChI is InChI=1S/C26H28ClN5O2S.ClH/c1-26(2,3)31-25(33)17-6-5-7-19(14-17)34-22-9-8-18(15-20(22)27)30-24-23-21(28-16-29-24)10-11-32(23)12-13-35-4;/h5-11,14-16H,12-13H2,1-4H3,(H,31,33)(H,28,29,30);1H. The van der Waals surface area contributed by atoms with E-state index in [0.29, 0.717) is 27.9 Å². The maximum Gasteiger partial charge on any atom is 0.251 e. The first-order chi connectivity index (χ1) is 16.7. The van der Waals surface area contributed by atoms with E-state index in [2.05, 4.69) is 31.4 Å². The third-order valence-electron chi connectivity index (χ3n) is 5.09. The molecule has 2 heterocycles. The number of carbonyl (C=O) groups is 1. The van der Waals surface area contributed by atoms with Gasteiger partial charge in [0.2, 0.25) is 0 Å². The van der Waals surface area contributed by atoms with E-state index in [1.54, 1.807) is 54.5 Å². The average molecular weight is 547 g/mol.